The Morgan fingerprint density at radius 1 is 1.19 bits per heavy atom. The van der Waals surface area contributed by atoms with E-state index < -0.39 is 0 Å². The van der Waals surface area contributed by atoms with Crippen molar-refractivity contribution in [1.29, 1.82) is 0 Å². The van der Waals surface area contributed by atoms with Crippen molar-refractivity contribution in [3.63, 3.8) is 0 Å². The van der Waals surface area contributed by atoms with Crippen LogP contribution < -0.4 is 5.32 Å². The molecule has 0 heterocycles. The fourth-order valence-electron chi connectivity index (χ4n) is 2.24. The van der Waals surface area contributed by atoms with E-state index in [4.69, 9.17) is 11.6 Å². The highest BCUT2D eigenvalue weighted by Crippen LogP contribution is 2.33. The van der Waals surface area contributed by atoms with Gasteiger partial charge >= 0.3 is 0 Å². The van der Waals surface area contributed by atoms with Gasteiger partial charge in [-0.3, -0.25) is 0 Å². The van der Waals surface area contributed by atoms with Crippen LogP contribution in [0.25, 0.3) is 0 Å². The first-order chi connectivity index (χ1) is 10.1. The molecule has 2 aromatic carbocycles. The van der Waals surface area contributed by atoms with Gasteiger partial charge in [-0.25, -0.2) is 4.39 Å². The lowest BCUT2D eigenvalue weighted by Crippen LogP contribution is -2.19. The average Bonchev–Trinajstić information content (AvgIpc) is 2.46. The van der Waals surface area contributed by atoms with E-state index in [1.165, 1.54) is 6.07 Å². The van der Waals surface area contributed by atoms with Crippen molar-refractivity contribution < 1.29 is 4.39 Å². The summed E-state index contributed by atoms with van der Waals surface area (Å²) in [7, 11) is 0. The largest absolute Gasteiger partial charge is 0.310 e. The minimum absolute atomic E-state index is 0.00931. The summed E-state index contributed by atoms with van der Waals surface area (Å²) in [5, 5.41) is 4.03. The fraction of sp³-hybridized carbons (Fsp3) is 0.294. The maximum atomic E-state index is 14.1. The Morgan fingerprint density at radius 2 is 1.95 bits per heavy atom. The molecule has 2 rings (SSSR count). The van der Waals surface area contributed by atoms with Gasteiger partial charge in [0, 0.05) is 27.3 Å². The Labute approximate surface area is 134 Å². The van der Waals surface area contributed by atoms with E-state index in [1.807, 2.05) is 44.2 Å². The van der Waals surface area contributed by atoms with Gasteiger partial charge < -0.3 is 5.32 Å². The zero-order valence-electron chi connectivity index (χ0n) is 12.2. The minimum atomic E-state index is -0.160. The molecule has 0 aliphatic carbocycles. The van der Waals surface area contributed by atoms with E-state index in [2.05, 4.69) is 5.32 Å². The smallest absolute Gasteiger partial charge is 0.129 e. The third-order valence-corrected chi connectivity index (χ3v) is 4.79. The van der Waals surface area contributed by atoms with Crippen LogP contribution in [-0.2, 0) is 5.75 Å². The van der Waals surface area contributed by atoms with Crippen molar-refractivity contribution >= 4 is 23.4 Å². The summed E-state index contributed by atoms with van der Waals surface area (Å²) in [6.45, 7) is 4.82. The highest BCUT2D eigenvalue weighted by molar-refractivity contribution is 7.98. The lowest BCUT2D eigenvalue weighted by atomic mass is 10.1. The minimum Gasteiger partial charge on any atom is -0.310 e. The zero-order chi connectivity index (χ0) is 15.2. The fourth-order valence-corrected chi connectivity index (χ4v) is 3.69. The number of halogens is 2. The molecule has 2 aromatic rings. The van der Waals surface area contributed by atoms with Crippen LogP contribution in [0.2, 0.25) is 5.02 Å². The van der Waals surface area contributed by atoms with Gasteiger partial charge in [0.25, 0.3) is 0 Å². The number of thioether (sulfide) groups is 1. The Balaban J connectivity index is 2.20. The Bertz CT molecular complexity index is 603. The van der Waals surface area contributed by atoms with Crippen LogP contribution in [0.4, 0.5) is 4.39 Å². The average molecular weight is 324 g/mol. The van der Waals surface area contributed by atoms with Crippen LogP contribution in [0.3, 0.4) is 0 Å². The molecule has 0 fully saturated rings. The SMILES string of the molecule is CCNC(C)c1c(F)cccc1SCc1ccccc1Cl. The Morgan fingerprint density at radius 3 is 2.67 bits per heavy atom. The second-order valence-corrected chi connectivity index (χ2v) is 6.24. The van der Waals surface area contributed by atoms with Crippen LogP contribution in [0, 0.1) is 5.82 Å². The summed E-state index contributed by atoms with van der Waals surface area (Å²) in [5.41, 5.74) is 1.80. The van der Waals surface area contributed by atoms with Gasteiger partial charge in [-0.2, -0.15) is 0 Å². The number of benzene rings is 2. The molecule has 0 bridgehead atoms. The molecular formula is C17H19ClFNS. The third kappa shape index (κ3) is 4.22. The highest BCUT2D eigenvalue weighted by atomic mass is 35.5. The van der Waals surface area contributed by atoms with Gasteiger partial charge in [0.2, 0.25) is 0 Å². The molecule has 0 saturated carbocycles. The molecule has 1 nitrogen and oxygen atoms in total. The molecule has 112 valence electrons. The maximum Gasteiger partial charge on any atom is 0.129 e. The molecule has 1 unspecified atom stereocenters. The first-order valence-corrected chi connectivity index (χ1v) is 8.37. The lowest BCUT2D eigenvalue weighted by molar-refractivity contribution is 0.531. The lowest BCUT2D eigenvalue weighted by Gasteiger charge is -2.18. The van der Waals surface area contributed by atoms with Crippen molar-refractivity contribution in [2.45, 2.75) is 30.5 Å². The summed E-state index contributed by atoms with van der Waals surface area (Å²) >= 11 is 7.79. The van der Waals surface area contributed by atoms with Crippen LogP contribution in [0.5, 0.6) is 0 Å². The molecule has 21 heavy (non-hydrogen) atoms. The van der Waals surface area contributed by atoms with Gasteiger partial charge in [-0.1, -0.05) is 42.8 Å². The number of hydrogen-bond acceptors (Lipinski definition) is 2. The molecule has 0 radical (unpaired) electrons. The van der Waals surface area contributed by atoms with Crippen LogP contribution in [-0.4, -0.2) is 6.54 Å². The number of nitrogens with one attached hydrogen (secondary N) is 1. The highest BCUT2D eigenvalue weighted by Gasteiger charge is 2.15. The normalized spacial score (nSPS) is 12.4. The van der Waals surface area contributed by atoms with E-state index >= 15 is 0 Å². The van der Waals surface area contributed by atoms with E-state index in [1.54, 1.807) is 17.8 Å². The van der Waals surface area contributed by atoms with Gasteiger partial charge in [-0.05, 0) is 37.2 Å². The quantitative estimate of drug-likeness (QED) is 0.710. The van der Waals surface area contributed by atoms with E-state index in [9.17, 15) is 4.39 Å². The molecule has 0 spiro atoms. The predicted molar refractivity (Wildman–Crippen MR) is 89.5 cm³/mol. The topological polar surface area (TPSA) is 12.0 Å². The van der Waals surface area contributed by atoms with Gasteiger partial charge in [0.1, 0.15) is 5.82 Å². The van der Waals surface area contributed by atoms with Crippen LogP contribution in [0.1, 0.15) is 31.0 Å². The molecule has 4 heteroatoms. The summed E-state index contributed by atoms with van der Waals surface area (Å²) in [4.78, 5) is 0.961. The van der Waals surface area contributed by atoms with E-state index in [0.717, 1.165) is 33.3 Å². The van der Waals surface area contributed by atoms with Gasteiger partial charge in [-0.15, -0.1) is 11.8 Å². The Kier molecular flexibility index (Phi) is 6.09. The third-order valence-electron chi connectivity index (χ3n) is 3.30. The summed E-state index contributed by atoms with van der Waals surface area (Å²) in [5.74, 6) is 0.572. The van der Waals surface area contributed by atoms with Crippen LogP contribution in [0.15, 0.2) is 47.4 Å². The van der Waals surface area contributed by atoms with E-state index in [0.29, 0.717) is 0 Å². The maximum absolute atomic E-state index is 14.1. The van der Waals surface area contributed by atoms with E-state index in [-0.39, 0.29) is 11.9 Å². The molecular weight excluding hydrogens is 305 g/mol. The molecule has 1 atom stereocenters. The molecule has 0 saturated heterocycles. The van der Waals surface area contributed by atoms with Crippen molar-refractivity contribution in [2.75, 3.05) is 6.54 Å². The molecule has 0 aromatic heterocycles. The zero-order valence-corrected chi connectivity index (χ0v) is 13.8. The second-order valence-electron chi connectivity index (χ2n) is 4.81. The summed E-state index contributed by atoms with van der Waals surface area (Å²) < 4.78 is 14.1. The summed E-state index contributed by atoms with van der Waals surface area (Å²) in [6, 6.07) is 13.0. The summed E-state index contributed by atoms with van der Waals surface area (Å²) in [6.07, 6.45) is 0. The number of hydrogen-bond donors (Lipinski definition) is 1. The Hall–Kier alpha value is -1.03. The predicted octanol–water partition coefficient (Wildman–Crippen LogP) is 5.44. The molecule has 0 amide bonds. The molecule has 0 aliphatic heterocycles. The van der Waals surface area contributed by atoms with Gasteiger partial charge in [0.15, 0.2) is 0 Å². The van der Waals surface area contributed by atoms with Crippen LogP contribution >= 0.6 is 23.4 Å². The molecule has 1 N–H and O–H groups in total. The number of rotatable bonds is 6. The monoisotopic (exact) mass is 323 g/mol. The first-order valence-electron chi connectivity index (χ1n) is 7.01. The second kappa shape index (κ2) is 7.83. The van der Waals surface area contributed by atoms with Gasteiger partial charge in [0.05, 0.1) is 0 Å². The van der Waals surface area contributed by atoms with Crippen molar-refractivity contribution in [1.82, 2.24) is 5.32 Å². The van der Waals surface area contributed by atoms with Crippen molar-refractivity contribution in [2.24, 2.45) is 0 Å². The van der Waals surface area contributed by atoms with Crippen molar-refractivity contribution in [3.05, 3.63) is 64.4 Å². The molecule has 0 aliphatic rings. The first kappa shape index (κ1) is 16.3. The standard InChI is InChI=1S/C17H19ClFNS/c1-3-20-12(2)17-15(19)9-6-10-16(17)21-11-13-7-4-5-8-14(13)18/h4-10,12,20H,3,11H2,1-2H3. The van der Waals surface area contributed by atoms with Crippen molar-refractivity contribution in [3.8, 4) is 0 Å².